The number of hydrogen-bond acceptors (Lipinski definition) is 4. The summed E-state index contributed by atoms with van der Waals surface area (Å²) in [6.07, 6.45) is -2.69. The van der Waals surface area contributed by atoms with Gasteiger partial charge < -0.3 is 15.5 Å². The highest BCUT2D eigenvalue weighted by molar-refractivity contribution is 7.98. The van der Waals surface area contributed by atoms with Crippen LogP contribution in [-0.4, -0.2) is 57.0 Å². The van der Waals surface area contributed by atoms with Crippen LogP contribution >= 0.6 is 11.8 Å². The zero-order valence-electron chi connectivity index (χ0n) is 14.2. The van der Waals surface area contributed by atoms with Gasteiger partial charge in [0.15, 0.2) is 13.1 Å². The van der Waals surface area contributed by atoms with Gasteiger partial charge in [-0.15, -0.1) is 11.8 Å². The Morgan fingerprint density at radius 2 is 1.73 bits per heavy atom. The van der Waals surface area contributed by atoms with E-state index in [1.807, 2.05) is 18.4 Å². The molecule has 1 atom stereocenters. The predicted molar refractivity (Wildman–Crippen MR) is 91.1 cm³/mol. The molecule has 0 aliphatic carbocycles. The second kappa shape index (κ2) is 10.0. The summed E-state index contributed by atoms with van der Waals surface area (Å²) in [6.45, 7) is -1.84. The van der Waals surface area contributed by atoms with Gasteiger partial charge in [-0.1, -0.05) is 12.1 Å². The van der Waals surface area contributed by atoms with Crippen LogP contribution in [-0.2, 0) is 9.59 Å². The molecular weight excluding hydrogens is 373 g/mol. The highest BCUT2D eigenvalue weighted by Gasteiger charge is 2.28. The summed E-state index contributed by atoms with van der Waals surface area (Å²) in [6, 6.07) is 5.98. The van der Waals surface area contributed by atoms with Crippen LogP contribution in [0.25, 0.3) is 0 Å². The molecule has 11 heteroatoms. The normalized spacial score (nSPS) is 12.2. The molecule has 26 heavy (non-hydrogen) atoms. The van der Waals surface area contributed by atoms with Crippen molar-refractivity contribution in [2.75, 3.05) is 38.3 Å². The molecule has 1 aromatic carbocycles. The van der Waals surface area contributed by atoms with Crippen molar-refractivity contribution in [1.82, 2.24) is 10.6 Å². The molecule has 0 aliphatic rings. The minimum absolute atomic E-state index is 0.0553. The van der Waals surface area contributed by atoms with E-state index in [0.29, 0.717) is 10.6 Å². The van der Waals surface area contributed by atoms with E-state index < -0.39 is 24.7 Å². The molecule has 0 spiro atoms. The number of benzene rings is 1. The zero-order chi connectivity index (χ0) is 19.7. The van der Waals surface area contributed by atoms with Gasteiger partial charge in [-0.2, -0.15) is 13.2 Å². The number of imide groups is 1. The minimum atomic E-state index is -4.56. The predicted octanol–water partition coefficient (Wildman–Crippen LogP) is 0.250. The standard InChI is InChI=1S/C15H19F3N4O3S/c1-22(8-13(24)21-14(25)19-9-15(16,17)18)7-12(23)20-10-5-3-4-6-11(10)26-2/h3-6H,7-9H2,1-2H3,(H,20,23)(H2,19,21,24,25)/p+1. The van der Waals surface area contributed by atoms with Crippen LogP contribution in [0.15, 0.2) is 29.2 Å². The van der Waals surface area contributed by atoms with Gasteiger partial charge in [-0.05, 0) is 18.4 Å². The van der Waals surface area contributed by atoms with Gasteiger partial charge in [0.2, 0.25) is 0 Å². The summed E-state index contributed by atoms with van der Waals surface area (Å²) in [5.41, 5.74) is 0.647. The number of halogens is 3. The molecule has 0 bridgehead atoms. The lowest BCUT2D eigenvalue weighted by Crippen LogP contribution is -3.11. The number of carbonyl (C=O) groups excluding carboxylic acids is 3. The Bertz CT molecular complexity index is 655. The summed E-state index contributed by atoms with van der Waals surface area (Å²) in [5.74, 6) is -1.13. The van der Waals surface area contributed by atoms with Gasteiger partial charge in [0, 0.05) is 4.90 Å². The highest BCUT2D eigenvalue weighted by atomic mass is 32.2. The first kappa shape index (κ1) is 21.8. The number of urea groups is 1. The van der Waals surface area contributed by atoms with Crippen LogP contribution < -0.4 is 20.9 Å². The third-order valence-electron chi connectivity index (χ3n) is 3.01. The molecule has 7 nitrogen and oxygen atoms in total. The maximum Gasteiger partial charge on any atom is 0.405 e. The Morgan fingerprint density at radius 3 is 2.35 bits per heavy atom. The molecule has 4 amide bonds. The van der Waals surface area contributed by atoms with Gasteiger partial charge in [-0.25, -0.2) is 4.79 Å². The average Bonchev–Trinajstić information content (AvgIpc) is 2.52. The Morgan fingerprint density at radius 1 is 1.12 bits per heavy atom. The smallest absolute Gasteiger partial charge is 0.329 e. The van der Waals surface area contributed by atoms with E-state index in [9.17, 15) is 27.6 Å². The van der Waals surface area contributed by atoms with Crippen molar-refractivity contribution in [3.63, 3.8) is 0 Å². The Kier molecular flexibility index (Phi) is 8.39. The number of thioether (sulfide) groups is 1. The van der Waals surface area contributed by atoms with Crippen molar-refractivity contribution < 1.29 is 32.5 Å². The Balaban J connectivity index is 2.40. The van der Waals surface area contributed by atoms with Gasteiger partial charge in [0.1, 0.15) is 6.54 Å². The zero-order valence-corrected chi connectivity index (χ0v) is 15.0. The summed E-state index contributed by atoms with van der Waals surface area (Å²) in [5, 5.41) is 6.03. The highest BCUT2D eigenvalue weighted by Crippen LogP contribution is 2.24. The molecule has 0 radical (unpaired) electrons. The Labute approximate surface area is 152 Å². The van der Waals surface area contributed by atoms with Crippen molar-refractivity contribution in [3.05, 3.63) is 24.3 Å². The summed E-state index contributed by atoms with van der Waals surface area (Å²) >= 11 is 1.47. The number of anilines is 1. The van der Waals surface area contributed by atoms with Crippen molar-refractivity contribution in [2.45, 2.75) is 11.1 Å². The number of para-hydroxylation sites is 1. The van der Waals surface area contributed by atoms with Crippen LogP contribution in [0.5, 0.6) is 0 Å². The van der Waals surface area contributed by atoms with Crippen LogP contribution in [0.3, 0.4) is 0 Å². The lowest BCUT2D eigenvalue weighted by Gasteiger charge is -2.15. The molecule has 0 fully saturated rings. The number of alkyl halides is 3. The van der Waals surface area contributed by atoms with Gasteiger partial charge in [0.25, 0.3) is 11.8 Å². The van der Waals surface area contributed by atoms with Crippen molar-refractivity contribution in [3.8, 4) is 0 Å². The van der Waals surface area contributed by atoms with Gasteiger partial charge in [0.05, 0.1) is 12.7 Å². The molecule has 4 N–H and O–H groups in total. The fourth-order valence-corrected chi connectivity index (χ4v) is 2.50. The van der Waals surface area contributed by atoms with Crippen LogP contribution in [0.4, 0.5) is 23.7 Å². The summed E-state index contributed by atoms with van der Waals surface area (Å²) < 4.78 is 35.9. The van der Waals surface area contributed by atoms with Gasteiger partial charge in [-0.3, -0.25) is 14.9 Å². The molecule has 0 saturated carbocycles. The van der Waals surface area contributed by atoms with E-state index in [0.717, 1.165) is 4.90 Å². The van der Waals surface area contributed by atoms with Crippen molar-refractivity contribution >= 4 is 35.3 Å². The third kappa shape index (κ3) is 8.72. The maximum absolute atomic E-state index is 12.0. The minimum Gasteiger partial charge on any atom is -0.329 e. The maximum atomic E-state index is 12.0. The third-order valence-corrected chi connectivity index (χ3v) is 3.80. The monoisotopic (exact) mass is 393 g/mol. The number of hydrogen-bond donors (Lipinski definition) is 4. The van der Waals surface area contributed by atoms with E-state index in [4.69, 9.17) is 0 Å². The summed E-state index contributed by atoms with van der Waals surface area (Å²) in [4.78, 5) is 36.2. The molecule has 1 rings (SSSR count). The number of quaternary nitrogens is 1. The molecule has 0 aliphatic heterocycles. The fourth-order valence-electron chi connectivity index (χ4n) is 1.95. The number of likely N-dealkylation sites (N-methyl/N-ethyl adjacent to an activating group) is 1. The molecular formula is C15H20F3N4O3S+. The van der Waals surface area contributed by atoms with E-state index >= 15 is 0 Å². The quantitative estimate of drug-likeness (QED) is 0.500. The first-order chi connectivity index (χ1) is 12.1. The van der Waals surface area contributed by atoms with Crippen LogP contribution in [0.2, 0.25) is 0 Å². The number of rotatable bonds is 7. The van der Waals surface area contributed by atoms with E-state index in [-0.39, 0.29) is 19.0 Å². The first-order valence-electron chi connectivity index (χ1n) is 7.49. The molecule has 0 saturated heterocycles. The second-order valence-electron chi connectivity index (χ2n) is 5.41. The average molecular weight is 393 g/mol. The van der Waals surface area contributed by atoms with E-state index in [2.05, 4.69) is 5.32 Å². The second-order valence-corrected chi connectivity index (χ2v) is 6.25. The number of amides is 4. The van der Waals surface area contributed by atoms with Crippen LogP contribution in [0, 0.1) is 0 Å². The lowest BCUT2D eigenvalue weighted by molar-refractivity contribution is -0.862. The van der Waals surface area contributed by atoms with Crippen LogP contribution in [0.1, 0.15) is 0 Å². The fraction of sp³-hybridized carbons (Fsp3) is 0.400. The van der Waals surface area contributed by atoms with E-state index in [1.54, 1.807) is 24.5 Å². The topological polar surface area (TPSA) is 91.7 Å². The summed E-state index contributed by atoms with van der Waals surface area (Å²) in [7, 11) is 1.55. The number of nitrogens with one attached hydrogen (secondary N) is 4. The molecule has 0 heterocycles. The Hall–Kier alpha value is -2.27. The SMILES string of the molecule is CSc1ccccc1NC(=O)C[NH+](C)CC(=O)NC(=O)NCC(F)(F)F. The molecule has 1 aromatic rings. The van der Waals surface area contributed by atoms with Crippen molar-refractivity contribution in [1.29, 1.82) is 0 Å². The lowest BCUT2D eigenvalue weighted by atomic mass is 10.3. The first-order valence-corrected chi connectivity index (χ1v) is 8.72. The molecule has 144 valence electrons. The molecule has 1 unspecified atom stereocenters. The number of carbonyl (C=O) groups is 3. The van der Waals surface area contributed by atoms with Gasteiger partial charge >= 0.3 is 12.2 Å². The molecule has 0 aromatic heterocycles. The van der Waals surface area contributed by atoms with Crippen molar-refractivity contribution in [2.24, 2.45) is 0 Å². The largest absolute Gasteiger partial charge is 0.405 e. The van der Waals surface area contributed by atoms with E-state index in [1.165, 1.54) is 17.1 Å².